The molecule has 1 heterocycles. The first-order valence-corrected chi connectivity index (χ1v) is 17.5. The molecule has 0 spiro atoms. The molecule has 0 aromatic rings. The van der Waals surface area contributed by atoms with Crippen LogP contribution in [0, 0.1) is 0 Å². The Morgan fingerprint density at radius 2 is 0.622 bits per heavy atom. The molecule has 0 saturated carbocycles. The van der Waals surface area contributed by atoms with Crippen LogP contribution >= 0.6 is 0 Å². The van der Waals surface area contributed by atoms with E-state index in [-0.39, 0.29) is 0 Å². The summed E-state index contributed by atoms with van der Waals surface area (Å²) in [5, 5.41) is 0. The zero-order chi connectivity index (χ0) is 26.7. The van der Waals surface area contributed by atoms with Crippen molar-refractivity contribution >= 4 is 0 Å². The van der Waals surface area contributed by atoms with Crippen molar-refractivity contribution in [3.8, 4) is 0 Å². The van der Waals surface area contributed by atoms with E-state index in [1.54, 1.807) is 0 Å². The van der Waals surface area contributed by atoms with Crippen LogP contribution in [0.3, 0.4) is 0 Å². The molecule has 0 aromatic heterocycles. The van der Waals surface area contributed by atoms with Gasteiger partial charge in [0, 0.05) is 25.5 Å². The minimum atomic E-state index is 0.642. The molecular formula is C35H70N2. The molecule has 37 heavy (non-hydrogen) atoms. The molecule has 1 aliphatic heterocycles. The Hall–Kier alpha value is -0.660. The summed E-state index contributed by atoms with van der Waals surface area (Å²) in [6, 6.07) is 0. The van der Waals surface area contributed by atoms with Gasteiger partial charge in [-0.05, 0) is 25.7 Å². The van der Waals surface area contributed by atoms with Crippen LogP contribution in [0.5, 0.6) is 0 Å². The molecule has 220 valence electrons. The number of hydrogen-bond donors (Lipinski definition) is 0. The Morgan fingerprint density at radius 1 is 0.351 bits per heavy atom. The summed E-state index contributed by atoms with van der Waals surface area (Å²) in [5.41, 5.74) is 0. The molecule has 2 nitrogen and oxygen atoms in total. The predicted octanol–water partition coefficient (Wildman–Crippen LogP) is 12.0. The van der Waals surface area contributed by atoms with Crippen LogP contribution in [0.15, 0.2) is 12.4 Å². The summed E-state index contributed by atoms with van der Waals surface area (Å²) < 4.78 is 0. The summed E-state index contributed by atoms with van der Waals surface area (Å²) in [4.78, 5) is 5.41. The molecule has 0 radical (unpaired) electrons. The van der Waals surface area contributed by atoms with Gasteiger partial charge in [-0.2, -0.15) is 0 Å². The normalized spacial score (nSPS) is 15.4. The zero-order valence-corrected chi connectivity index (χ0v) is 26.1. The lowest BCUT2D eigenvalue weighted by Crippen LogP contribution is -2.39. The SMILES string of the molecule is CCCCCCCCCCCCN1C=CN(CCCCCCCCCC)C1CCCCCCCCCC. The Morgan fingerprint density at radius 3 is 0.946 bits per heavy atom. The topological polar surface area (TPSA) is 6.48 Å². The maximum atomic E-state index is 2.71. The van der Waals surface area contributed by atoms with Crippen molar-refractivity contribution in [1.29, 1.82) is 0 Å². The summed E-state index contributed by atoms with van der Waals surface area (Å²) in [7, 11) is 0. The van der Waals surface area contributed by atoms with Crippen molar-refractivity contribution in [2.24, 2.45) is 0 Å². The first-order chi connectivity index (χ1) is 18.3. The van der Waals surface area contributed by atoms with Crippen molar-refractivity contribution in [3.05, 3.63) is 12.4 Å². The summed E-state index contributed by atoms with van der Waals surface area (Å²) in [6.45, 7) is 9.47. The van der Waals surface area contributed by atoms with E-state index in [2.05, 4.69) is 43.0 Å². The fourth-order valence-electron chi connectivity index (χ4n) is 6.01. The maximum absolute atomic E-state index is 2.71. The average molecular weight is 519 g/mol. The summed E-state index contributed by atoms with van der Waals surface area (Å²) in [6.07, 6.45) is 44.0. The minimum absolute atomic E-state index is 0.642. The molecule has 1 aliphatic rings. The van der Waals surface area contributed by atoms with Crippen LogP contribution < -0.4 is 0 Å². The van der Waals surface area contributed by atoms with Crippen LogP contribution in [-0.2, 0) is 0 Å². The fraction of sp³-hybridized carbons (Fsp3) is 0.943. The second-order valence-electron chi connectivity index (χ2n) is 12.2. The third-order valence-electron chi connectivity index (χ3n) is 8.57. The Labute approximate surface area is 235 Å². The molecule has 1 rings (SSSR count). The molecule has 0 aliphatic carbocycles. The Balaban J connectivity index is 2.25. The molecule has 0 aromatic carbocycles. The highest BCUT2D eigenvalue weighted by molar-refractivity contribution is 4.97. The third-order valence-corrected chi connectivity index (χ3v) is 8.57. The highest BCUT2D eigenvalue weighted by Gasteiger charge is 2.24. The maximum Gasteiger partial charge on any atom is 0.101 e. The van der Waals surface area contributed by atoms with Gasteiger partial charge in [-0.15, -0.1) is 0 Å². The van der Waals surface area contributed by atoms with Crippen molar-refractivity contribution < 1.29 is 0 Å². The first-order valence-electron chi connectivity index (χ1n) is 17.5. The molecule has 0 N–H and O–H groups in total. The van der Waals surface area contributed by atoms with Crippen molar-refractivity contribution in [1.82, 2.24) is 9.80 Å². The molecule has 2 heteroatoms. The van der Waals surface area contributed by atoms with E-state index in [0.717, 1.165) is 0 Å². The standard InChI is InChI=1S/C35H70N2/c1-4-7-10-13-16-19-20-23-26-29-32-37-34-33-36(31-28-25-22-18-15-12-9-6-3)35(37)30-27-24-21-17-14-11-8-5-2/h33-35H,4-32H2,1-3H3. The molecule has 1 unspecified atom stereocenters. The molecule has 1 atom stereocenters. The molecule has 0 fully saturated rings. The molecule has 0 amide bonds. The van der Waals surface area contributed by atoms with Gasteiger partial charge in [0.05, 0.1) is 0 Å². The van der Waals surface area contributed by atoms with E-state index in [1.807, 2.05) is 0 Å². The lowest BCUT2D eigenvalue weighted by atomic mass is 10.1. The van der Waals surface area contributed by atoms with Gasteiger partial charge in [-0.1, -0.05) is 168 Å². The van der Waals surface area contributed by atoms with Crippen LogP contribution in [0.4, 0.5) is 0 Å². The number of unbranched alkanes of at least 4 members (excludes halogenated alkanes) is 23. The Bertz CT molecular complexity index is 474. The van der Waals surface area contributed by atoms with Crippen molar-refractivity contribution in [2.75, 3.05) is 13.1 Å². The van der Waals surface area contributed by atoms with Crippen LogP contribution in [0.2, 0.25) is 0 Å². The van der Waals surface area contributed by atoms with Crippen LogP contribution in [-0.4, -0.2) is 29.1 Å². The van der Waals surface area contributed by atoms with E-state index in [1.165, 1.54) is 186 Å². The average Bonchev–Trinajstić information content (AvgIpc) is 3.29. The lowest BCUT2D eigenvalue weighted by Gasteiger charge is -2.33. The largest absolute Gasteiger partial charge is 0.356 e. The minimum Gasteiger partial charge on any atom is -0.356 e. The number of hydrogen-bond acceptors (Lipinski definition) is 2. The highest BCUT2D eigenvalue weighted by atomic mass is 15.4. The third kappa shape index (κ3) is 20.0. The monoisotopic (exact) mass is 519 g/mol. The van der Waals surface area contributed by atoms with Gasteiger partial charge in [0.2, 0.25) is 0 Å². The fourth-order valence-corrected chi connectivity index (χ4v) is 6.01. The van der Waals surface area contributed by atoms with Crippen molar-refractivity contribution in [2.45, 2.75) is 200 Å². The lowest BCUT2D eigenvalue weighted by molar-refractivity contribution is 0.135. The number of nitrogens with zero attached hydrogens (tertiary/aromatic N) is 2. The van der Waals surface area contributed by atoms with E-state index >= 15 is 0 Å². The summed E-state index contributed by atoms with van der Waals surface area (Å²) in [5.74, 6) is 0. The zero-order valence-electron chi connectivity index (χ0n) is 26.1. The Kier molecular flexibility index (Phi) is 25.0. The van der Waals surface area contributed by atoms with Gasteiger partial charge >= 0.3 is 0 Å². The highest BCUT2D eigenvalue weighted by Crippen LogP contribution is 2.24. The summed E-state index contributed by atoms with van der Waals surface area (Å²) >= 11 is 0. The molecule has 0 bridgehead atoms. The van der Waals surface area contributed by atoms with Crippen LogP contribution in [0.25, 0.3) is 0 Å². The van der Waals surface area contributed by atoms with Gasteiger partial charge < -0.3 is 9.80 Å². The van der Waals surface area contributed by atoms with Gasteiger partial charge in [0.25, 0.3) is 0 Å². The van der Waals surface area contributed by atoms with Gasteiger partial charge in [-0.3, -0.25) is 0 Å². The van der Waals surface area contributed by atoms with Crippen molar-refractivity contribution in [3.63, 3.8) is 0 Å². The van der Waals surface area contributed by atoms with E-state index < -0.39 is 0 Å². The van der Waals surface area contributed by atoms with Gasteiger partial charge in [-0.25, -0.2) is 0 Å². The van der Waals surface area contributed by atoms with Gasteiger partial charge in [0.1, 0.15) is 6.17 Å². The number of rotatable bonds is 29. The van der Waals surface area contributed by atoms with E-state index in [4.69, 9.17) is 0 Å². The first kappa shape index (κ1) is 34.4. The van der Waals surface area contributed by atoms with E-state index in [0.29, 0.717) is 6.17 Å². The van der Waals surface area contributed by atoms with E-state index in [9.17, 15) is 0 Å². The van der Waals surface area contributed by atoms with Gasteiger partial charge in [0.15, 0.2) is 0 Å². The quantitative estimate of drug-likeness (QED) is 0.0908. The second-order valence-corrected chi connectivity index (χ2v) is 12.2. The van der Waals surface area contributed by atoms with Crippen LogP contribution in [0.1, 0.15) is 194 Å². The predicted molar refractivity (Wildman–Crippen MR) is 168 cm³/mol. The second kappa shape index (κ2) is 26.9. The molecule has 0 saturated heterocycles. The molecular weight excluding hydrogens is 448 g/mol. The smallest absolute Gasteiger partial charge is 0.101 e.